The minimum Gasteiger partial charge on any atom is -0.494 e. The van der Waals surface area contributed by atoms with E-state index in [1.54, 1.807) is 4.68 Å². The Morgan fingerprint density at radius 1 is 1.00 bits per heavy atom. The summed E-state index contributed by atoms with van der Waals surface area (Å²) in [5.74, 6) is 1.48. The third-order valence-corrected chi connectivity index (χ3v) is 4.68. The second kappa shape index (κ2) is 11.7. The standard InChI is InChI=1S/C24H29N3O4/c1-3-5-6-7-14-30-24(28)31-17-19-10-8-12-21(15-19)27-23(25-18-26-27)20-11-9-13-22(16-20)29-4-2/h8-13,15-16,18H,3-7,14,17H2,1-2H3. The molecule has 3 rings (SSSR count). The molecule has 0 radical (unpaired) electrons. The summed E-state index contributed by atoms with van der Waals surface area (Å²) in [5.41, 5.74) is 2.56. The predicted octanol–water partition coefficient (Wildman–Crippen LogP) is 5.57. The lowest BCUT2D eigenvalue weighted by molar-refractivity contribution is 0.0488. The highest BCUT2D eigenvalue weighted by atomic mass is 16.7. The molecule has 0 aliphatic carbocycles. The fraction of sp³-hybridized carbons (Fsp3) is 0.375. The van der Waals surface area contributed by atoms with Crippen molar-refractivity contribution in [2.45, 2.75) is 46.1 Å². The molecule has 0 aliphatic rings. The lowest BCUT2D eigenvalue weighted by atomic mass is 10.2. The van der Waals surface area contributed by atoms with Crippen molar-refractivity contribution in [1.29, 1.82) is 0 Å². The first kappa shape index (κ1) is 22.3. The third kappa shape index (κ3) is 6.57. The SMILES string of the molecule is CCCCCCOC(=O)OCc1cccc(-n2ncnc2-c2cccc(OCC)c2)c1. The fourth-order valence-corrected chi connectivity index (χ4v) is 3.17. The normalized spacial score (nSPS) is 10.6. The van der Waals surface area contributed by atoms with Gasteiger partial charge in [0.15, 0.2) is 5.82 Å². The summed E-state index contributed by atoms with van der Waals surface area (Å²) in [4.78, 5) is 16.2. The number of hydrogen-bond acceptors (Lipinski definition) is 6. The fourth-order valence-electron chi connectivity index (χ4n) is 3.17. The zero-order valence-electron chi connectivity index (χ0n) is 18.1. The van der Waals surface area contributed by atoms with E-state index in [0.29, 0.717) is 19.0 Å². The van der Waals surface area contributed by atoms with E-state index in [9.17, 15) is 4.79 Å². The molecular weight excluding hydrogens is 394 g/mol. The van der Waals surface area contributed by atoms with Crippen molar-refractivity contribution in [2.24, 2.45) is 0 Å². The number of benzene rings is 2. The molecule has 0 amide bonds. The van der Waals surface area contributed by atoms with Crippen LogP contribution in [0.1, 0.15) is 45.1 Å². The number of nitrogens with zero attached hydrogens (tertiary/aromatic N) is 3. The minimum absolute atomic E-state index is 0.130. The number of rotatable bonds is 11. The molecule has 0 saturated carbocycles. The van der Waals surface area contributed by atoms with Crippen molar-refractivity contribution >= 4 is 6.16 Å². The Hall–Kier alpha value is -3.35. The molecule has 2 aromatic carbocycles. The van der Waals surface area contributed by atoms with Gasteiger partial charge < -0.3 is 14.2 Å². The van der Waals surface area contributed by atoms with Crippen LogP contribution in [0.2, 0.25) is 0 Å². The zero-order valence-corrected chi connectivity index (χ0v) is 18.1. The van der Waals surface area contributed by atoms with Gasteiger partial charge in [-0.05, 0) is 43.2 Å². The summed E-state index contributed by atoms with van der Waals surface area (Å²) in [7, 11) is 0. The van der Waals surface area contributed by atoms with E-state index in [4.69, 9.17) is 14.2 Å². The topological polar surface area (TPSA) is 75.5 Å². The molecule has 0 saturated heterocycles. The molecule has 3 aromatic rings. The average Bonchev–Trinajstić information content (AvgIpc) is 3.28. The molecule has 0 bridgehead atoms. The maximum Gasteiger partial charge on any atom is 0.508 e. The second-order valence-corrected chi connectivity index (χ2v) is 7.07. The Balaban J connectivity index is 1.64. The summed E-state index contributed by atoms with van der Waals surface area (Å²) >= 11 is 0. The van der Waals surface area contributed by atoms with Crippen LogP contribution in [-0.2, 0) is 16.1 Å². The van der Waals surface area contributed by atoms with Crippen LogP contribution >= 0.6 is 0 Å². The second-order valence-electron chi connectivity index (χ2n) is 7.07. The molecule has 0 atom stereocenters. The molecule has 1 aromatic heterocycles. The first-order valence-corrected chi connectivity index (χ1v) is 10.7. The van der Waals surface area contributed by atoms with Crippen molar-refractivity contribution in [1.82, 2.24) is 14.8 Å². The molecule has 1 heterocycles. The minimum atomic E-state index is -0.643. The highest BCUT2D eigenvalue weighted by Crippen LogP contribution is 2.24. The monoisotopic (exact) mass is 423 g/mol. The van der Waals surface area contributed by atoms with Gasteiger partial charge in [0.25, 0.3) is 0 Å². The van der Waals surface area contributed by atoms with Gasteiger partial charge in [0.2, 0.25) is 0 Å². The van der Waals surface area contributed by atoms with Crippen molar-refractivity contribution in [3.05, 3.63) is 60.4 Å². The van der Waals surface area contributed by atoms with Gasteiger partial charge in [-0.2, -0.15) is 5.10 Å². The van der Waals surface area contributed by atoms with Crippen LogP contribution in [0.25, 0.3) is 17.1 Å². The van der Waals surface area contributed by atoms with Crippen LogP contribution in [0.15, 0.2) is 54.9 Å². The van der Waals surface area contributed by atoms with Gasteiger partial charge in [-0.1, -0.05) is 50.5 Å². The molecular formula is C24H29N3O4. The molecule has 7 heteroatoms. The summed E-state index contributed by atoms with van der Waals surface area (Å²) < 4.78 is 17.7. The molecule has 7 nitrogen and oxygen atoms in total. The zero-order chi connectivity index (χ0) is 21.9. The van der Waals surface area contributed by atoms with E-state index in [1.807, 2.05) is 55.5 Å². The summed E-state index contributed by atoms with van der Waals surface area (Å²) in [6.45, 7) is 5.21. The largest absolute Gasteiger partial charge is 0.508 e. The van der Waals surface area contributed by atoms with Crippen LogP contribution in [0, 0.1) is 0 Å². The number of unbranched alkanes of at least 4 members (excludes halogenated alkanes) is 3. The van der Waals surface area contributed by atoms with Crippen molar-refractivity contribution in [3.8, 4) is 22.8 Å². The first-order chi connectivity index (χ1) is 15.2. The van der Waals surface area contributed by atoms with Crippen LogP contribution in [0.4, 0.5) is 4.79 Å². The lowest BCUT2D eigenvalue weighted by Crippen LogP contribution is -2.09. The first-order valence-electron chi connectivity index (χ1n) is 10.7. The lowest BCUT2D eigenvalue weighted by Gasteiger charge is -2.10. The van der Waals surface area contributed by atoms with E-state index in [-0.39, 0.29) is 6.61 Å². The molecule has 0 unspecified atom stereocenters. The van der Waals surface area contributed by atoms with Crippen LogP contribution < -0.4 is 4.74 Å². The highest BCUT2D eigenvalue weighted by molar-refractivity contribution is 5.61. The Kier molecular flexibility index (Phi) is 8.46. The Bertz CT molecular complexity index is 971. The van der Waals surface area contributed by atoms with E-state index in [1.165, 1.54) is 6.33 Å². The number of ether oxygens (including phenoxy) is 3. The number of carbonyl (C=O) groups excluding carboxylic acids is 1. The van der Waals surface area contributed by atoms with E-state index in [2.05, 4.69) is 17.0 Å². The van der Waals surface area contributed by atoms with Gasteiger partial charge in [-0.25, -0.2) is 14.5 Å². The van der Waals surface area contributed by atoms with Crippen molar-refractivity contribution < 1.29 is 19.0 Å². The molecule has 0 fully saturated rings. The summed E-state index contributed by atoms with van der Waals surface area (Å²) in [5, 5.41) is 4.37. The number of aromatic nitrogens is 3. The number of hydrogen-bond donors (Lipinski definition) is 0. The summed E-state index contributed by atoms with van der Waals surface area (Å²) in [6.07, 6.45) is 5.08. The predicted molar refractivity (Wildman–Crippen MR) is 118 cm³/mol. The molecule has 0 N–H and O–H groups in total. The Labute approximate surface area is 183 Å². The van der Waals surface area contributed by atoms with E-state index >= 15 is 0 Å². The van der Waals surface area contributed by atoms with Gasteiger partial charge in [-0.3, -0.25) is 0 Å². The molecule has 0 spiro atoms. The van der Waals surface area contributed by atoms with Crippen LogP contribution in [-0.4, -0.2) is 34.1 Å². The quantitative estimate of drug-likeness (QED) is 0.297. The third-order valence-electron chi connectivity index (χ3n) is 4.68. The molecule has 0 aliphatic heterocycles. The van der Waals surface area contributed by atoms with E-state index < -0.39 is 6.16 Å². The molecule has 164 valence electrons. The highest BCUT2D eigenvalue weighted by Gasteiger charge is 2.11. The maximum atomic E-state index is 11.8. The Morgan fingerprint density at radius 2 is 1.87 bits per heavy atom. The van der Waals surface area contributed by atoms with Crippen molar-refractivity contribution in [2.75, 3.05) is 13.2 Å². The van der Waals surface area contributed by atoms with Crippen molar-refractivity contribution in [3.63, 3.8) is 0 Å². The van der Waals surface area contributed by atoms with Gasteiger partial charge in [0.05, 0.1) is 18.9 Å². The van der Waals surface area contributed by atoms with Crippen LogP contribution in [0.5, 0.6) is 5.75 Å². The van der Waals surface area contributed by atoms with E-state index in [0.717, 1.165) is 48.2 Å². The number of carbonyl (C=O) groups is 1. The smallest absolute Gasteiger partial charge is 0.494 e. The maximum absolute atomic E-state index is 11.8. The van der Waals surface area contributed by atoms with Gasteiger partial charge in [-0.15, -0.1) is 0 Å². The van der Waals surface area contributed by atoms with Gasteiger partial charge in [0.1, 0.15) is 18.7 Å². The summed E-state index contributed by atoms with van der Waals surface area (Å²) in [6, 6.07) is 15.4. The average molecular weight is 424 g/mol. The van der Waals surface area contributed by atoms with Gasteiger partial charge >= 0.3 is 6.16 Å². The Morgan fingerprint density at radius 3 is 2.71 bits per heavy atom. The molecule has 31 heavy (non-hydrogen) atoms. The van der Waals surface area contributed by atoms with Gasteiger partial charge in [0, 0.05) is 5.56 Å². The van der Waals surface area contributed by atoms with Crippen LogP contribution in [0.3, 0.4) is 0 Å².